The lowest BCUT2D eigenvalue weighted by Crippen LogP contribution is -2.66. The molecule has 1 aliphatic carbocycles. The summed E-state index contributed by atoms with van der Waals surface area (Å²) < 4.78 is 24.2. The Bertz CT molecular complexity index is 566. The highest BCUT2D eigenvalue weighted by atomic mass is 19.1. The fraction of sp³-hybridized carbons (Fsp3) is 0.625. The molecule has 1 aliphatic rings. The van der Waals surface area contributed by atoms with Crippen molar-refractivity contribution in [2.24, 2.45) is 0 Å². The van der Waals surface area contributed by atoms with Gasteiger partial charge in [-0.3, -0.25) is 0 Å². The molecule has 0 aromatic carbocycles. The smallest absolute Gasteiger partial charge is 0.350 e. The normalized spacial score (nSPS) is 28.1. The SMILES string of the molecule is CC(C)(C)OC(=O)C1(O)C=CC=C(F)C1(O)C(=O)OC(C)(C)C. The Morgan fingerprint density at radius 1 is 1.00 bits per heavy atom. The zero-order chi connectivity index (χ0) is 18.3. The second kappa shape index (κ2) is 5.72. The van der Waals surface area contributed by atoms with E-state index in [1.54, 1.807) is 0 Å². The summed E-state index contributed by atoms with van der Waals surface area (Å²) in [4.78, 5) is 24.6. The standard InChI is InChI=1S/C16H23FO6/c1-13(2,3)22-11(18)15(20)9-7-8-10(17)16(15,21)12(19)23-14(4,5)6/h7-9,20-21H,1-6H3. The molecule has 7 heteroatoms. The maximum atomic E-state index is 14.2. The number of rotatable bonds is 2. The molecule has 2 N–H and O–H groups in total. The number of aliphatic hydroxyl groups is 2. The van der Waals surface area contributed by atoms with Crippen molar-refractivity contribution in [3.05, 3.63) is 24.1 Å². The van der Waals surface area contributed by atoms with Gasteiger partial charge in [-0.2, -0.15) is 0 Å². The summed E-state index contributed by atoms with van der Waals surface area (Å²) in [5, 5.41) is 21.1. The molecule has 0 saturated heterocycles. The van der Waals surface area contributed by atoms with Crippen LogP contribution in [0.1, 0.15) is 41.5 Å². The zero-order valence-corrected chi connectivity index (χ0v) is 14.1. The largest absolute Gasteiger partial charge is 0.457 e. The van der Waals surface area contributed by atoms with Crippen molar-refractivity contribution in [2.45, 2.75) is 63.9 Å². The average Bonchev–Trinajstić information content (AvgIpc) is 2.31. The zero-order valence-electron chi connectivity index (χ0n) is 14.1. The molecular formula is C16H23FO6. The van der Waals surface area contributed by atoms with Crippen LogP contribution in [0, 0.1) is 0 Å². The van der Waals surface area contributed by atoms with Crippen LogP contribution in [0.2, 0.25) is 0 Å². The number of ether oxygens (including phenoxy) is 2. The van der Waals surface area contributed by atoms with Gasteiger partial charge in [0.1, 0.15) is 17.0 Å². The van der Waals surface area contributed by atoms with Crippen LogP contribution < -0.4 is 0 Å². The van der Waals surface area contributed by atoms with Crippen molar-refractivity contribution >= 4 is 11.9 Å². The first-order chi connectivity index (χ1) is 10.1. The Morgan fingerprint density at radius 2 is 1.43 bits per heavy atom. The molecule has 0 fully saturated rings. The second-order valence-electron chi connectivity index (χ2n) is 7.35. The Kier molecular flexibility index (Phi) is 4.81. The molecule has 130 valence electrons. The number of esters is 2. The third-order valence-corrected chi connectivity index (χ3v) is 2.88. The van der Waals surface area contributed by atoms with Crippen molar-refractivity contribution in [3.63, 3.8) is 0 Å². The first-order valence-electron chi connectivity index (χ1n) is 7.10. The minimum atomic E-state index is -3.22. The van der Waals surface area contributed by atoms with E-state index in [0.29, 0.717) is 0 Å². The van der Waals surface area contributed by atoms with E-state index < -0.39 is 40.2 Å². The summed E-state index contributed by atoms with van der Waals surface area (Å²) in [6.45, 7) is 9.09. The van der Waals surface area contributed by atoms with E-state index in [-0.39, 0.29) is 0 Å². The number of hydrogen-bond donors (Lipinski definition) is 2. The van der Waals surface area contributed by atoms with Gasteiger partial charge in [-0.15, -0.1) is 0 Å². The van der Waals surface area contributed by atoms with Crippen molar-refractivity contribution in [1.82, 2.24) is 0 Å². The molecule has 0 aromatic heterocycles. The van der Waals surface area contributed by atoms with E-state index in [4.69, 9.17) is 9.47 Å². The van der Waals surface area contributed by atoms with Crippen LogP contribution in [0.25, 0.3) is 0 Å². The highest BCUT2D eigenvalue weighted by molar-refractivity contribution is 5.97. The summed E-state index contributed by atoms with van der Waals surface area (Å²) in [5.74, 6) is -4.27. The lowest BCUT2D eigenvalue weighted by Gasteiger charge is -2.40. The number of allylic oxidation sites excluding steroid dienone is 2. The Labute approximate surface area is 134 Å². The van der Waals surface area contributed by atoms with E-state index in [1.807, 2.05) is 0 Å². The molecule has 0 aromatic rings. The number of halogens is 1. The van der Waals surface area contributed by atoms with E-state index in [1.165, 1.54) is 41.5 Å². The quantitative estimate of drug-likeness (QED) is 0.746. The maximum absolute atomic E-state index is 14.2. The molecule has 0 radical (unpaired) electrons. The maximum Gasteiger partial charge on any atom is 0.350 e. The molecule has 23 heavy (non-hydrogen) atoms. The first kappa shape index (κ1) is 19.3. The minimum absolute atomic E-state index is 0.767. The lowest BCUT2D eigenvalue weighted by atomic mass is 9.78. The fourth-order valence-electron chi connectivity index (χ4n) is 1.87. The first-order valence-corrected chi connectivity index (χ1v) is 7.10. The Morgan fingerprint density at radius 3 is 1.87 bits per heavy atom. The van der Waals surface area contributed by atoms with Crippen molar-refractivity contribution < 1.29 is 33.7 Å². The fourth-order valence-corrected chi connectivity index (χ4v) is 1.87. The van der Waals surface area contributed by atoms with Gasteiger partial charge in [0.25, 0.3) is 5.60 Å². The summed E-state index contributed by atoms with van der Waals surface area (Å²) >= 11 is 0. The Balaban J connectivity index is 3.33. The minimum Gasteiger partial charge on any atom is -0.457 e. The van der Waals surface area contributed by atoms with Crippen molar-refractivity contribution in [1.29, 1.82) is 0 Å². The van der Waals surface area contributed by atoms with Gasteiger partial charge in [0, 0.05) is 0 Å². The summed E-state index contributed by atoms with van der Waals surface area (Å²) in [7, 11) is 0. The van der Waals surface area contributed by atoms with Gasteiger partial charge in [0.15, 0.2) is 0 Å². The van der Waals surface area contributed by atoms with Crippen LogP contribution >= 0.6 is 0 Å². The van der Waals surface area contributed by atoms with Crippen LogP contribution in [-0.2, 0) is 19.1 Å². The topological polar surface area (TPSA) is 93.1 Å². The number of hydrogen-bond acceptors (Lipinski definition) is 6. The molecule has 0 spiro atoms. The monoisotopic (exact) mass is 330 g/mol. The van der Waals surface area contributed by atoms with Crippen LogP contribution in [0.15, 0.2) is 24.1 Å². The van der Waals surface area contributed by atoms with E-state index >= 15 is 0 Å². The Hall–Kier alpha value is -1.73. The van der Waals surface area contributed by atoms with Crippen molar-refractivity contribution in [2.75, 3.05) is 0 Å². The van der Waals surface area contributed by atoms with E-state index in [0.717, 1.165) is 18.2 Å². The molecular weight excluding hydrogens is 307 g/mol. The van der Waals surface area contributed by atoms with Gasteiger partial charge < -0.3 is 19.7 Å². The van der Waals surface area contributed by atoms with Gasteiger partial charge in [0.2, 0.25) is 5.60 Å². The van der Waals surface area contributed by atoms with Crippen LogP contribution in [0.4, 0.5) is 4.39 Å². The summed E-state index contributed by atoms with van der Waals surface area (Å²) in [6, 6.07) is 0. The van der Waals surface area contributed by atoms with Gasteiger partial charge in [-0.25, -0.2) is 14.0 Å². The van der Waals surface area contributed by atoms with E-state index in [2.05, 4.69) is 0 Å². The molecule has 0 amide bonds. The van der Waals surface area contributed by atoms with Crippen LogP contribution in [-0.4, -0.2) is 44.6 Å². The summed E-state index contributed by atoms with van der Waals surface area (Å²) in [5.41, 5.74) is -8.25. The lowest BCUT2D eigenvalue weighted by molar-refractivity contribution is -0.211. The molecule has 0 heterocycles. The highest BCUT2D eigenvalue weighted by Gasteiger charge is 2.65. The number of carbonyl (C=O) groups is 2. The van der Waals surface area contributed by atoms with Crippen LogP contribution in [0.5, 0.6) is 0 Å². The third kappa shape index (κ3) is 3.79. The molecule has 2 unspecified atom stereocenters. The highest BCUT2D eigenvalue weighted by Crippen LogP contribution is 2.39. The molecule has 1 rings (SSSR count). The van der Waals surface area contributed by atoms with E-state index in [9.17, 15) is 24.2 Å². The molecule has 0 saturated carbocycles. The number of carbonyl (C=O) groups excluding carboxylic acids is 2. The second-order valence-corrected chi connectivity index (χ2v) is 7.35. The van der Waals surface area contributed by atoms with Crippen molar-refractivity contribution in [3.8, 4) is 0 Å². The van der Waals surface area contributed by atoms with Gasteiger partial charge in [0.05, 0.1) is 0 Å². The summed E-state index contributed by atoms with van der Waals surface area (Å²) in [6.07, 6.45) is 2.58. The molecule has 0 aliphatic heterocycles. The molecule has 0 bridgehead atoms. The average molecular weight is 330 g/mol. The molecule has 2 atom stereocenters. The van der Waals surface area contributed by atoms with Crippen LogP contribution in [0.3, 0.4) is 0 Å². The van der Waals surface area contributed by atoms with Gasteiger partial charge in [-0.05, 0) is 53.7 Å². The van der Waals surface area contributed by atoms with Gasteiger partial charge in [-0.1, -0.05) is 6.08 Å². The van der Waals surface area contributed by atoms with Gasteiger partial charge >= 0.3 is 11.9 Å². The predicted molar refractivity (Wildman–Crippen MR) is 79.9 cm³/mol. The molecule has 6 nitrogen and oxygen atoms in total. The third-order valence-electron chi connectivity index (χ3n) is 2.88. The predicted octanol–water partition coefficient (Wildman–Crippen LogP) is 1.56.